The number of hydrogen-bond acceptors (Lipinski definition) is 2. The predicted molar refractivity (Wildman–Crippen MR) is 166 cm³/mol. The van der Waals surface area contributed by atoms with Crippen molar-refractivity contribution in [1.82, 2.24) is 0 Å². The fourth-order valence-corrected chi connectivity index (χ4v) is 5.95. The van der Waals surface area contributed by atoms with Crippen molar-refractivity contribution in [2.24, 2.45) is 21.8 Å². The second-order valence-corrected chi connectivity index (χ2v) is 11.6. The van der Waals surface area contributed by atoms with Gasteiger partial charge >= 0.3 is 0 Å². The van der Waals surface area contributed by atoms with E-state index in [4.69, 9.17) is 9.98 Å². The van der Waals surface area contributed by atoms with E-state index in [1.54, 1.807) is 0 Å². The fourth-order valence-electron chi connectivity index (χ4n) is 5.95. The second kappa shape index (κ2) is 22.4. The van der Waals surface area contributed by atoms with Gasteiger partial charge in [0.2, 0.25) is 6.17 Å². The molecule has 208 valence electrons. The van der Waals surface area contributed by atoms with Crippen LogP contribution in [0.25, 0.3) is 0 Å². The molecule has 37 heavy (non-hydrogen) atoms. The van der Waals surface area contributed by atoms with Crippen LogP contribution in [0.1, 0.15) is 154 Å². The molecule has 2 nitrogen and oxygen atoms in total. The molecule has 1 aliphatic rings. The number of unbranched alkanes of at least 4 members (excludes halogenated alkanes) is 17. The summed E-state index contributed by atoms with van der Waals surface area (Å²) in [5, 5.41) is 0. The average molecular weight is 508 g/mol. The summed E-state index contributed by atoms with van der Waals surface area (Å²) in [5.74, 6) is 1.14. The number of hydrogen-bond donors (Lipinski definition) is 0. The molecule has 0 aliphatic carbocycles. The van der Waals surface area contributed by atoms with Gasteiger partial charge in [0.1, 0.15) is 0 Å². The van der Waals surface area contributed by atoms with Gasteiger partial charge < -0.3 is 0 Å². The summed E-state index contributed by atoms with van der Waals surface area (Å²) in [6.07, 6.45) is 35.2. The average Bonchev–Trinajstić information content (AvgIpc) is 3.46. The molecule has 1 aliphatic heterocycles. The molecule has 0 spiro atoms. The molecular weight excluding hydrogens is 448 g/mol. The molecule has 2 unspecified atom stereocenters. The molecule has 0 fully saturated rings. The van der Waals surface area contributed by atoms with Crippen LogP contribution in [0.2, 0.25) is 0 Å². The lowest BCUT2D eigenvalue weighted by molar-refractivity contribution is 0.284. The number of rotatable bonds is 25. The Morgan fingerprint density at radius 2 is 0.973 bits per heavy atom. The first kappa shape index (κ1) is 31.6. The Hall–Kier alpha value is -1.57. The van der Waals surface area contributed by atoms with Crippen molar-refractivity contribution >= 4 is 12.4 Å². The van der Waals surface area contributed by atoms with E-state index in [-0.39, 0.29) is 0 Å². The summed E-state index contributed by atoms with van der Waals surface area (Å²) in [6, 6.07) is 11.2. The summed E-state index contributed by atoms with van der Waals surface area (Å²) in [4.78, 5) is 9.45. The first-order valence-corrected chi connectivity index (χ1v) is 16.3. The molecule has 0 bridgehead atoms. The quantitative estimate of drug-likeness (QED) is 0.0928. The molecule has 0 aromatic heterocycles. The minimum absolute atomic E-state index is 0.498. The van der Waals surface area contributed by atoms with Crippen LogP contribution in [0.15, 0.2) is 40.3 Å². The topological polar surface area (TPSA) is 24.7 Å². The summed E-state index contributed by atoms with van der Waals surface area (Å²) in [6.45, 7) is 4.60. The molecule has 1 aromatic carbocycles. The molecule has 0 radical (unpaired) electrons. The molecular formula is C35H59N2+. The molecule has 1 heterocycles. The van der Waals surface area contributed by atoms with Gasteiger partial charge in [-0.05, 0) is 30.7 Å². The number of benzene rings is 1. The highest BCUT2D eigenvalue weighted by Crippen LogP contribution is 2.37. The van der Waals surface area contributed by atoms with Gasteiger partial charge in [-0.1, -0.05) is 176 Å². The van der Waals surface area contributed by atoms with Gasteiger partial charge in [0.15, 0.2) is 12.4 Å². The lowest BCUT2D eigenvalue weighted by Crippen LogP contribution is -2.22. The van der Waals surface area contributed by atoms with Crippen molar-refractivity contribution in [1.29, 1.82) is 0 Å². The monoisotopic (exact) mass is 507 g/mol. The first-order valence-electron chi connectivity index (χ1n) is 16.3. The van der Waals surface area contributed by atoms with E-state index in [2.05, 4.69) is 44.2 Å². The lowest BCUT2D eigenvalue weighted by Gasteiger charge is -2.26. The molecule has 0 amide bonds. The van der Waals surface area contributed by atoms with E-state index < -0.39 is 0 Å². The SMILES string of the molecule is CCCCCCCCCCCCC(Cc1ccccc1)C(CCCCCCCCCCC)[C+]1N=CC=N1. The van der Waals surface area contributed by atoms with Crippen LogP contribution in [0.5, 0.6) is 0 Å². The molecule has 2 rings (SSSR count). The molecule has 0 saturated carbocycles. The maximum atomic E-state index is 4.72. The minimum atomic E-state index is 0.498. The Morgan fingerprint density at radius 3 is 1.46 bits per heavy atom. The van der Waals surface area contributed by atoms with Gasteiger partial charge in [0, 0.05) is 0 Å². The van der Waals surface area contributed by atoms with E-state index in [9.17, 15) is 0 Å². The number of aliphatic imine (C=N–C) groups is 2. The zero-order chi connectivity index (χ0) is 26.2. The van der Waals surface area contributed by atoms with Crippen LogP contribution in [-0.2, 0) is 6.42 Å². The molecule has 1 aromatic rings. The molecule has 0 N–H and O–H groups in total. The van der Waals surface area contributed by atoms with E-state index >= 15 is 0 Å². The van der Waals surface area contributed by atoms with Crippen molar-refractivity contribution in [3.05, 3.63) is 42.1 Å². The van der Waals surface area contributed by atoms with Gasteiger partial charge in [-0.2, -0.15) is 0 Å². The van der Waals surface area contributed by atoms with E-state index in [0.717, 1.165) is 12.6 Å². The van der Waals surface area contributed by atoms with Gasteiger partial charge in [-0.25, -0.2) is 0 Å². The highest BCUT2D eigenvalue weighted by molar-refractivity contribution is 6.18. The maximum Gasteiger partial charge on any atom is 0.244 e. The van der Waals surface area contributed by atoms with E-state index in [0.29, 0.717) is 11.8 Å². The Labute approximate surface area is 231 Å². The minimum Gasteiger partial charge on any atom is -0.0965 e. The van der Waals surface area contributed by atoms with E-state index in [1.807, 2.05) is 12.4 Å². The molecule has 0 saturated heterocycles. The van der Waals surface area contributed by atoms with Crippen molar-refractivity contribution in [2.75, 3.05) is 0 Å². The van der Waals surface area contributed by atoms with Gasteiger partial charge in [-0.3, -0.25) is 0 Å². The second-order valence-electron chi connectivity index (χ2n) is 11.6. The molecule has 2 heteroatoms. The van der Waals surface area contributed by atoms with Crippen LogP contribution >= 0.6 is 0 Å². The Morgan fingerprint density at radius 1 is 0.541 bits per heavy atom. The van der Waals surface area contributed by atoms with Gasteiger partial charge in [-0.15, -0.1) is 0 Å². The smallest absolute Gasteiger partial charge is 0.0965 e. The predicted octanol–water partition coefficient (Wildman–Crippen LogP) is 11.3. The summed E-state index contributed by atoms with van der Waals surface area (Å²) in [7, 11) is 0. The largest absolute Gasteiger partial charge is 0.244 e. The Kier molecular flexibility index (Phi) is 19.2. The highest BCUT2D eigenvalue weighted by atomic mass is 15.0. The first-order chi connectivity index (χ1) is 18.3. The maximum absolute atomic E-state index is 4.72. The van der Waals surface area contributed by atoms with Gasteiger partial charge in [0.05, 0.1) is 5.92 Å². The third kappa shape index (κ3) is 15.4. The van der Waals surface area contributed by atoms with Gasteiger partial charge in [0.25, 0.3) is 0 Å². The fraction of sp³-hybridized carbons (Fsp3) is 0.743. The normalized spacial score (nSPS) is 14.5. The van der Waals surface area contributed by atoms with Crippen LogP contribution in [0, 0.1) is 18.0 Å². The lowest BCUT2D eigenvalue weighted by atomic mass is 9.78. The highest BCUT2D eigenvalue weighted by Gasteiger charge is 2.35. The van der Waals surface area contributed by atoms with Crippen LogP contribution in [0.4, 0.5) is 0 Å². The Bertz CT molecular complexity index is 668. The third-order valence-electron chi connectivity index (χ3n) is 8.27. The van der Waals surface area contributed by atoms with Crippen molar-refractivity contribution in [2.45, 2.75) is 155 Å². The molecule has 2 atom stereocenters. The van der Waals surface area contributed by atoms with Crippen molar-refractivity contribution in [3.63, 3.8) is 0 Å². The Balaban J connectivity index is 1.79. The van der Waals surface area contributed by atoms with Crippen molar-refractivity contribution < 1.29 is 0 Å². The van der Waals surface area contributed by atoms with E-state index in [1.165, 1.54) is 140 Å². The number of nitrogens with zero attached hydrogens (tertiary/aromatic N) is 2. The van der Waals surface area contributed by atoms with Crippen molar-refractivity contribution in [3.8, 4) is 0 Å². The summed E-state index contributed by atoms with van der Waals surface area (Å²) < 4.78 is 0. The standard InChI is InChI=1S/C35H59N2/c1-3-5-7-9-11-13-15-16-18-23-27-33(31-32-25-21-20-22-26-32)34(35-36-29-30-37-35)28-24-19-17-14-12-10-8-6-4-2/h20-22,25-26,29-30,33-34H,3-19,23-24,27-28,31H2,1-2H3/q+1. The zero-order valence-corrected chi connectivity index (χ0v) is 24.6. The van der Waals surface area contributed by atoms with Crippen LogP contribution < -0.4 is 0 Å². The van der Waals surface area contributed by atoms with Crippen LogP contribution in [0.3, 0.4) is 0 Å². The summed E-state index contributed by atoms with van der Waals surface area (Å²) in [5.41, 5.74) is 1.48. The zero-order valence-electron chi connectivity index (χ0n) is 24.6. The third-order valence-corrected chi connectivity index (χ3v) is 8.27. The van der Waals surface area contributed by atoms with Crippen LogP contribution in [-0.4, -0.2) is 12.4 Å². The summed E-state index contributed by atoms with van der Waals surface area (Å²) >= 11 is 0.